The fourth-order valence-corrected chi connectivity index (χ4v) is 3.71. The van der Waals surface area contributed by atoms with Gasteiger partial charge >= 0.3 is 0 Å². The minimum Gasteiger partial charge on any atom is -0.494 e. The Bertz CT molecular complexity index is 951. The van der Waals surface area contributed by atoms with Gasteiger partial charge in [-0.3, -0.25) is 0 Å². The van der Waals surface area contributed by atoms with Crippen LogP contribution < -0.4 is 20.7 Å². The molecular weight excluding hydrogens is 340 g/mol. The number of nitrogens with one attached hydrogen (secondary N) is 1. The second kappa shape index (κ2) is 7.00. The van der Waals surface area contributed by atoms with E-state index in [1.165, 1.54) is 0 Å². The van der Waals surface area contributed by atoms with Gasteiger partial charge in [-0.1, -0.05) is 0 Å². The van der Waals surface area contributed by atoms with Crippen LogP contribution in [-0.4, -0.2) is 54.9 Å². The third kappa shape index (κ3) is 3.26. The minimum absolute atomic E-state index is 0.549. The maximum absolute atomic E-state index is 6.42. The van der Waals surface area contributed by atoms with Gasteiger partial charge in [-0.15, -0.1) is 0 Å². The summed E-state index contributed by atoms with van der Waals surface area (Å²) in [6.07, 6.45) is 4.84. The van der Waals surface area contributed by atoms with Crippen molar-refractivity contribution in [3.8, 4) is 5.75 Å². The lowest BCUT2D eigenvalue weighted by Gasteiger charge is -2.24. The minimum atomic E-state index is 0.549. The molecule has 0 spiro atoms. The van der Waals surface area contributed by atoms with Crippen molar-refractivity contribution >= 4 is 28.3 Å². The normalized spacial score (nSPS) is 17.0. The number of nitrogens with two attached hydrogens (primary N) is 1. The molecule has 27 heavy (non-hydrogen) atoms. The Hall–Kier alpha value is -2.93. The summed E-state index contributed by atoms with van der Waals surface area (Å²) >= 11 is 0. The topological polar surface area (TPSA) is 71.1 Å². The molecule has 3 heterocycles. The molecule has 0 unspecified atom stereocenters. The number of aromatic nitrogens is 2. The molecule has 0 aliphatic carbocycles. The van der Waals surface area contributed by atoms with Crippen molar-refractivity contribution in [1.82, 2.24) is 14.5 Å². The van der Waals surface area contributed by atoms with E-state index in [1.807, 2.05) is 41.0 Å². The van der Waals surface area contributed by atoms with Gasteiger partial charge < -0.3 is 25.6 Å². The van der Waals surface area contributed by atoms with Gasteiger partial charge in [0.25, 0.3) is 0 Å². The van der Waals surface area contributed by atoms with Crippen LogP contribution in [-0.2, 0) is 0 Å². The molecule has 1 aliphatic heterocycles. The number of anilines is 4. The van der Waals surface area contributed by atoms with Gasteiger partial charge in [0, 0.05) is 31.4 Å². The van der Waals surface area contributed by atoms with Gasteiger partial charge in [0.1, 0.15) is 5.75 Å². The molecule has 1 atom stereocenters. The molecule has 1 saturated heterocycles. The van der Waals surface area contributed by atoms with Crippen molar-refractivity contribution in [1.29, 1.82) is 0 Å². The van der Waals surface area contributed by atoms with E-state index < -0.39 is 0 Å². The van der Waals surface area contributed by atoms with Gasteiger partial charge in [-0.2, -0.15) is 5.10 Å². The molecule has 7 nitrogen and oxygen atoms in total. The highest BCUT2D eigenvalue weighted by Crippen LogP contribution is 2.38. The maximum atomic E-state index is 6.42. The van der Waals surface area contributed by atoms with Crippen LogP contribution in [0.1, 0.15) is 6.42 Å². The second-order valence-electron chi connectivity index (χ2n) is 7.17. The predicted molar refractivity (Wildman–Crippen MR) is 110 cm³/mol. The first-order valence-corrected chi connectivity index (χ1v) is 9.15. The fraction of sp³-hybridized carbons (Fsp3) is 0.350. The lowest BCUT2D eigenvalue weighted by atomic mass is 10.2. The third-order valence-electron chi connectivity index (χ3n) is 5.29. The Kier molecular flexibility index (Phi) is 4.53. The van der Waals surface area contributed by atoms with E-state index in [0.717, 1.165) is 53.5 Å². The van der Waals surface area contributed by atoms with E-state index in [-0.39, 0.29) is 0 Å². The molecule has 0 saturated carbocycles. The number of hydrogen-bond donors (Lipinski definition) is 2. The zero-order valence-corrected chi connectivity index (χ0v) is 16.0. The van der Waals surface area contributed by atoms with Crippen LogP contribution in [0.2, 0.25) is 0 Å². The first kappa shape index (κ1) is 17.5. The number of nitrogens with zero attached hydrogens (tertiary/aromatic N) is 4. The van der Waals surface area contributed by atoms with Crippen molar-refractivity contribution in [3.63, 3.8) is 0 Å². The molecule has 3 N–H and O–H groups in total. The smallest absolute Gasteiger partial charge is 0.144 e. The summed E-state index contributed by atoms with van der Waals surface area (Å²) in [6.45, 7) is 1.97. The predicted octanol–water partition coefficient (Wildman–Crippen LogP) is 2.81. The van der Waals surface area contributed by atoms with Crippen molar-refractivity contribution in [2.45, 2.75) is 12.5 Å². The Balaban J connectivity index is 1.65. The summed E-state index contributed by atoms with van der Waals surface area (Å²) in [6, 6.07) is 10.5. The van der Waals surface area contributed by atoms with Crippen molar-refractivity contribution < 1.29 is 4.74 Å². The number of nitrogen functional groups attached to an aromatic ring is 1. The average molecular weight is 366 g/mol. The maximum Gasteiger partial charge on any atom is 0.144 e. The number of methoxy groups -OCH3 is 1. The summed E-state index contributed by atoms with van der Waals surface area (Å²) in [7, 11) is 5.94. The molecule has 2 aromatic heterocycles. The number of fused-ring (bicyclic) bond motifs is 1. The summed E-state index contributed by atoms with van der Waals surface area (Å²) in [4.78, 5) is 4.61. The summed E-state index contributed by atoms with van der Waals surface area (Å²) in [5, 5.41) is 7.72. The van der Waals surface area contributed by atoms with Crippen LogP contribution in [0.15, 0.2) is 42.7 Å². The number of benzene rings is 1. The van der Waals surface area contributed by atoms with Crippen LogP contribution in [0.25, 0.3) is 5.52 Å². The largest absolute Gasteiger partial charge is 0.494 e. The number of pyridine rings is 1. The van der Waals surface area contributed by atoms with Crippen LogP contribution in [0, 0.1) is 0 Å². The van der Waals surface area contributed by atoms with E-state index in [4.69, 9.17) is 10.5 Å². The second-order valence-corrected chi connectivity index (χ2v) is 7.17. The highest BCUT2D eigenvalue weighted by Gasteiger charge is 2.26. The van der Waals surface area contributed by atoms with Crippen LogP contribution in [0.5, 0.6) is 5.75 Å². The Morgan fingerprint density at radius 1 is 1.26 bits per heavy atom. The van der Waals surface area contributed by atoms with E-state index in [1.54, 1.807) is 13.3 Å². The van der Waals surface area contributed by atoms with Crippen molar-refractivity contribution in [3.05, 3.63) is 42.7 Å². The zero-order valence-electron chi connectivity index (χ0n) is 16.0. The first-order valence-electron chi connectivity index (χ1n) is 9.15. The monoisotopic (exact) mass is 366 g/mol. The van der Waals surface area contributed by atoms with Crippen LogP contribution in [0.3, 0.4) is 0 Å². The molecular formula is C20H26N6O. The highest BCUT2D eigenvalue weighted by molar-refractivity contribution is 5.84. The van der Waals surface area contributed by atoms with E-state index in [9.17, 15) is 0 Å². The van der Waals surface area contributed by atoms with Crippen LogP contribution in [0.4, 0.5) is 22.7 Å². The molecule has 3 aromatic rings. The molecule has 1 aromatic carbocycles. The van der Waals surface area contributed by atoms with Gasteiger partial charge in [0.2, 0.25) is 0 Å². The van der Waals surface area contributed by atoms with Crippen LogP contribution >= 0.6 is 0 Å². The highest BCUT2D eigenvalue weighted by atomic mass is 16.5. The molecule has 0 bridgehead atoms. The van der Waals surface area contributed by atoms with Gasteiger partial charge in [0.15, 0.2) is 0 Å². The fourth-order valence-electron chi connectivity index (χ4n) is 3.71. The number of ether oxygens (including phenoxy) is 1. The molecule has 7 heteroatoms. The first-order chi connectivity index (χ1) is 13.1. The zero-order chi connectivity index (χ0) is 19.0. The number of hydrogen-bond acceptors (Lipinski definition) is 6. The van der Waals surface area contributed by atoms with Gasteiger partial charge in [-0.05, 0) is 44.8 Å². The lowest BCUT2D eigenvalue weighted by molar-refractivity contribution is 0.315. The number of rotatable bonds is 5. The Morgan fingerprint density at radius 2 is 2.11 bits per heavy atom. The quantitative estimate of drug-likeness (QED) is 0.677. The molecule has 0 amide bonds. The molecule has 0 radical (unpaired) electrons. The molecule has 1 aliphatic rings. The van der Waals surface area contributed by atoms with E-state index in [2.05, 4.69) is 34.3 Å². The summed E-state index contributed by atoms with van der Waals surface area (Å²) in [5.74, 6) is 0.772. The standard InChI is InChI=1S/C20H26N6O/c1-24(2)14-7-10-25(13-14)19-12-20(27-3)17(11-15(19)21)23-16-5-4-9-26-18(16)6-8-22-26/h4-6,8-9,11-12,14,23H,7,10,13,21H2,1-3H3/t14-/m1/s1. The van der Waals surface area contributed by atoms with Crippen molar-refractivity contribution in [2.24, 2.45) is 0 Å². The molecule has 142 valence electrons. The molecule has 4 rings (SSSR count). The Morgan fingerprint density at radius 3 is 2.85 bits per heavy atom. The van der Waals surface area contributed by atoms with Gasteiger partial charge in [0.05, 0.1) is 41.6 Å². The third-order valence-corrected chi connectivity index (χ3v) is 5.29. The summed E-state index contributed by atoms with van der Waals surface area (Å²) in [5.41, 5.74) is 11.0. The van der Waals surface area contributed by atoms with E-state index in [0.29, 0.717) is 6.04 Å². The van der Waals surface area contributed by atoms with Gasteiger partial charge in [-0.25, -0.2) is 4.52 Å². The SMILES string of the molecule is COc1cc(N2CC[C@@H](N(C)C)C2)c(N)cc1Nc1cccn2nccc12. The lowest BCUT2D eigenvalue weighted by Crippen LogP contribution is -2.31. The number of likely N-dealkylation sites (N-methyl/N-ethyl adjacent to an activating group) is 1. The van der Waals surface area contributed by atoms with E-state index >= 15 is 0 Å². The summed E-state index contributed by atoms with van der Waals surface area (Å²) < 4.78 is 7.49. The Labute approximate surface area is 159 Å². The van der Waals surface area contributed by atoms with Crippen molar-refractivity contribution in [2.75, 3.05) is 50.2 Å². The molecule has 1 fully saturated rings. The average Bonchev–Trinajstić information content (AvgIpc) is 3.32.